The molecule has 0 fully saturated rings. The Hall–Kier alpha value is -3.65. The number of nitrogens with zero attached hydrogens (tertiary/aromatic N) is 2. The third-order valence-corrected chi connectivity index (χ3v) is 8.54. The third kappa shape index (κ3) is 7.69. The van der Waals surface area contributed by atoms with E-state index in [1.807, 2.05) is 71.0 Å². The fourth-order valence-corrected chi connectivity index (χ4v) is 5.76. The molecule has 0 aliphatic rings. The molecule has 3 aromatic rings. The van der Waals surface area contributed by atoms with Crippen LogP contribution in [0.3, 0.4) is 0 Å². The largest absolute Gasteiger partial charge is 0.352 e. The number of aryl methyl sites for hydroxylation is 2. The van der Waals surface area contributed by atoms with Gasteiger partial charge in [-0.2, -0.15) is 0 Å². The Morgan fingerprint density at radius 2 is 1.51 bits per heavy atom. The smallest absolute Gasteiger partial charge is 0.264 e. The first kappa shape index (κ1) is 29.9. The van der Waals surface area contributed by atoms with E-state index in [0.29, 0.717) is 12.1 Å². The van der Waals surface area contributed by atoms with Crippen molar-refractivity contribution in [2.45, 2.75) is 71.0 Å². The fourth-order valence-electron chi connectivity index (χ4n) is 4.33. The van der Waals surface area contributed by atoms with Crippen LogP contribution in [-0.2, 0) is 26.2 Å². The van der Waals surface area contributed by atoms with E-state index >= 15 is 0 Å². The fraction of sp³-hybridized carbons (Fsp3) is 0.355. The van der Waals surface area contributed by atoms with Crippen LogP contribution in [0.5, 0.6) is 0 Å². The van der Waals surface area contributed by atoms with Gasteiger partial charge in [0, 0.05) is 12.6 Å². The quantitative estimate of drug-likeness (QED) is 0.336. The van der Waals surface area contributed by atoms with Crippen molar-refractivity contribution in [2.75, 3.05) is 10.8 Å². The van der Waals surface area contributed by atoms with Crippen molar-refractivity contribution < 1.29 is 18.0 Å². The van der Waals surface area contributed by atoms with Crippen LogP contribution >= 0.6 is 0 Å². The maximum absolute atomic E-state index is 14.1. The van der Waals surface area contributed by atoms with Gasteiger partial charge in [-0.15, -0.1) is 0 Å². The van der Waals surface area contributed by atoms with Gasteiger partial charge in [0.05, 0.1) is 10.6 Å². The molecule has 208 valence electrons. The molecule has 0 aliphatic heterocycles. The van der Waals surface area contributed by atoms with E-state index in [2.05, 4.69) is 5.32 Å². The molecular weight excluding hydrogens is 510 g/mol. The molecule has 0 aromatic heterocycles. The molecule has 7 nitrogen and oxygen atoms in total. The van der Waals surface area contributed by atoms with E-state index in [0.717, 1.165) is 27.4 Å². The zero-order chi connectivity index (χ0) is 28.6. The molecule has 2 atom stereocenters. The number of anilines is 1. The maximum atomic E-state index is 14.1. The lowest BCUT2D eigenvalue weighted by atomic mass is 10.1. The van der Waals surface area contributed by atoms with E-state index in [-0.39, 0.29) is 23.4 Å². The first-order valence-electron chi connectivity index (χ1n) is 13.4. The van der Waals surface area contributed by atoms with Gasteiger partial charge in [-0.05, 0) is 63.4 Å². The number of carbonyl (C=O) groups excluding carboxylic acids is 2. The van der Waals surface area contributed by atoms with Crippen molar-refractivity contribution in [1.82, 2.24) is 10.2 Å². The molecule has 0 spiro atoms. The third-order valence-electron chi connectivity index (χ3n) is 6.75. The lowest BCUT2D eigenvalue weighted by Crippen LogP contribution is -2.53. The van der Waals surface area contributed by atoms with E-state index < -0.39 is 28.5 Å². The minimum Gasteiger partial charge on any atom is -0.352 e. The molecule has 0 heterocycles. The molecule has 0 bridgehead atoms. The van der Waals surface area contributed by atoms with Gasteiger partial charge in [0.2, 0.25) is 11.8 Å². The summed E-state index contributed by atoms with van der Waals surface area (Å²) in [4.78, 5) is 29.0. The summed E-state index contributed by atoms with van der Waals surface area (Å²) in [5, 5.41) is 3.00. The lowest BCUT2D eigenvalue weighted by Gasteiger charge is -2.33. The average molecular weight is 550 g/mol. The van der Waals surface area contributed by atoms with Crippen LogP contribution in [0, 0.1) is 13.8 Å². The molecule has 0 saturated heterocycles. The summed E-state index contributed by atoms with van der Waals surface area (Å²) in [6.45, 7) is 9.37. The number of sulfonamides is 1. The number of hydrogen-bond donors (Lipinski definition) is 1. The molecule has 8 heteroatoms. The van der Waals surface area contributed by atoms with E-state index in [1.165, 1.54) is 17.0 Å². The molecule has 0 radical (unpaired) electrons. The summed E-state index contributed by atoms with van der Waals surface area (Å²) in [5.74, 6) is -0.705. The van der Waals surface area contributed by atoms with Gasteiger partial charge in [0.1, 0.15) is 12.6 Å². The number of carbonyl (C=O) groups is 2. The molecule has 39 heavy (non-hydrogen) atoms. The molecule has 0 unspecified atom stereocenters. The molecule has 1 N–H and O–H groups in total. The lowest BCUT2D eigenvalue weighted by molar-refractivity contribution is -0.140. The normalized spacial score (nSPS) is 12.8. The molecular formula is C31H39N3O4S. The molecule has 3 rings (SSSR count). The Balaban J connectivity index is 2.04. The minimum absolute atomic E-state index is 0.0509. The summed E-state index contributed by atoms with van der Waals surface area (Å²) in [6.07, 6.45) is 1.14. The highest BCUT2D eigenvalue weighted by Gasteiger charge is 2.33. The molecule has 3 aromatic carbocycles. The highest BCUT2D eigenvalue weighted by Crippen LogP contribution is 2.25. The Kier molecular flexibility index (Phi) is 10.3. The van der Waals surface area contributed by atoms with Crippen molar-refractivity contribution >= 4 is 27.5 Å². The van der Waals surface area contributed by atoms with Crippen LogP contribution in [0.15, 0.2) is 83.8 Å². The van der Waals surface area contributed by atoms with Crippen LogP contribution in [0.25, 0.3) is 0 Å². The average Bonchev–Trinajstić information content (AvgIpc) is 2.92. The van der Waals surface area contributed by atoms with Gasteiger partial charge in [0.15, 0.2) is 0 Å². The molecule has 0 aliphatic carbocycles. The van der Waals surface area contributed by atoms with Crippen molar-refractivity contribution in [3.8, 4) is 0 Å². The molecule has 2 amide bonds. The Morgan fingerprint density at radius 1 is 0.846 bits per heavy atom. The Morgan fingerprint density at radius 3 is 2.10 bits per heavy atom. The van der Waals surface area contributed by atoms with Crippen LogP contribution < -0.4 is 9.62 Å². The second-order valence-corrected chi connectivity index (χ2v) is 11.8. The van der Waals surface area contributed by atoms with Crippen LogP contribution in [0.4, 0.5) is 5.69 Å². The summed E-state index contributed by atoms with van der Waals surface area (Å²) < 4.78 is 28.8. The number of nitrogens with one attached hydrogen (secondary N) is 1. The molecule has 0 saturated carbocycles. The SMILES string of the molecule is CC[C@@H](C)NC(=O)[C@H](CC)N(Cc1cccc(C)c1)C(=O)CN(c1ccc(C)cc1)S(=O)(=O)c1ccccc1. The van der Waals surface area contributed by atoms with Crippen molar-refractivity contribution in [3.05, 3.63) is 95.6 Å². The number of hydrogen-bond acceptors (Lipinski definition) is 4. The summed E-state index contributed by atoms with van der Waals surface area (Å²) in [7, 11) is -4.07. The number of amides is 2. The summed E-state index contributed by atoms with van der Waals surface area (Å²) in [5.41, 5.74) is 3.25. The zero-order valence-electron chi connectivity index (χ0n) is 23.4. The standard InChI is InChI=1S/C31H39N3O4S/c1-6-25(5)32-31(36)29(7-2)33(21-26-13-11-12-24(4)20-26)30(35)22-34(27-18-16-23(3)17-19-27)39(37,38)28-14-9-8-10-15-28/h8-20,25,29H,6-7,21-22H2,1-5H3,(H,32,36)/t25-,29+/m1/s1. The second-order valence-electron chi connectivity index (χ2n) is 9.91. The Labute approximate surface area is 232 Å². The van der Waals surface area contributed by atoms with Crippen LogP contribution in [0.2, 0.25) is 0 Å². The Bertz CT molecular complexity index is 1360. The predicted molar refractivity (Wildman–Crippen MR) is 156 cm³/mol. The van der Waals surface area contributed by atoms with Crippen LogP contribution in [0.1, 0.15) is 50.3 Å². The number of benzene rings is 3. The van der Waals surface area contributed by atoms with Gasteiger partial charge in [-0.3, -0.25) is 13.9 Å². The predicted octanol–water partition coefficient (Wildman–Crippen LogP) is 5.22. The van der Waals surface area contributed by atoms with E-state index in [1.54, 1.807) is 30.3 Å². The zero-order valence-corrected chi connectivity index (χ0v) is 24.2. The first-order chi connectivity index (χ1) is 18.6. The minimum atomic E-state index is -4.07. The number of rotatable bonds is 12. The summed E-state index contributed by atoms with van der Waals surface area (Å²) >= 11 is 0. The van der Waals surface area contributed by atoms with Gasteiger partial charge in [-0.1, -0.05) is 79.6 Å². The van der Waals surface area contributed by atoms with E-state index in [9.17, 15) is 18.0 Å². The maximum Gasteiger partial charge on any atom is 0.264 e. The highest BCUT2D eigenvalue weighted by atomic mass is 32.2. The van der Waals surface area contributed by atoms with Gasteiger partial charge in [-0.25, -0.2) is 8.42 Å². The monoisotopic (exact) mass is 549 g/mol. The van der Waals surface area contributed by atoms with Gasteiger partial charge in [0.25, 0.3) is 10.0 Å². The highest BCUT2D eigenvalue weighted by molar-refractivity contribution is 7.92. The second kappa shape index (κ2) is 13.4. The topological polar surface area (TPSA) is 86.8 Å². The van der Waals surface area contributed by atoms with Crippen molar-refractivity contribution in [3.63, 3.8) is 0 Å². The first-order valence-corrected chi connectivity index (χ1v) is 14.8. The van der Waals surface area contributed by atoms with E-state index in [4.69, 9.17) is 0 Å². The van der Waals surface area contributed by atoms with Crippen LogP contribution in [-0.4, -0.2) is 43.8 Å². The van der Waals surface area contributed by atoms with Crippen molar-refractivity contribution in [1.29, 1.82) is 0 Å². The van der Waals surface area contributed by atoms with Crippen molar-refractivity contribution in [2.24, 2.45) is 0 Å². The summed E-state index contributed by atoms with van der Waals surface area (Å²) in [6, 6.07) is 22.0. The van der Waals surface area contributed by atoms with Gasteiger partial charge < -0.3 is 10.2 Å². The van der Waals surface area contributed by atoms with Gasteiger partial charge >= 0.3 is 0 Å².